The molecule has 1 amide bonds. The number of nitrogens with one attached hydrogen (secondary N) is 1. The van der Waals surface area contributed by atoms with Gasteiger partial charge in [0.15, 0.2) is 0 Å². The van der Waals surface area contributed by atoms with Crippen molar-refractivity contribution < 1.29 is 14.3 Å². The van der Waals surface area contributed by atoms with Crippen molar-refractivity contribution in [2.24, 2.45) is 11.7 Å². The summed E-state index contributed by atoms with van der Waals surface area (Å²) in [6.45, 7) is 7.32. The highest BCUT2D eigenvalue weighted by Gasteiger charge is 2.27. The van der Waals surface area contributed by atoms with Gasteiger partial charge in [-0.2, -0.15) is 0 Å². The van der Waals surface area contributed by atoms with Crippen LogP contribution in [-0.2, 0) is 9.47 Å². The molecule has 1 saturated heterocycles. The lowest BCUT2D eigenvalue weighted by Gasteiger charge is -2.32. The number of rotatable bonds is 2. The summed E-state index contributed by atoms with van der Waals surface area (Å²) in [4.78, 5) is 11.6. The molecule has 1 heterocycles. The maximum Gasteiger partial charge on any atom is 0.407 e. The van der Waals surface area contributed by atoms with E-state index in [2.05, 4.69) is 5.32 Å². The number of alkyl carbamates (subject to hydrolysis) is 1. The van der Waals surface area contributed by atoms with Gasteiger partial charge < -0.3 is 20.5 Å². The van der Waals surface area contributed by atoms with Crippen molar-refractivity contribution in [2.75, 3.05) is 19.8 Å². The number of carbonyl (C=O) groups is 1. The van der Waals surface area contributed by atoms with Crippen LogP contribution < -0.4 is 11.1 Å². The Morgan fingerprint density at radius 2 is 2.25 bits per heavy atom. The van der Waals surface area contributed by atoms with Crippen molar-refractivity contribution in [1.29, 1.82) is 0 Å². The molecule has 0 saturated carbocycles. The highest BCUT2D eigenvalue weighted by atomic mass is 16.6. The van der Waals surface area contributed by atoms with Crippen LogP contribution >= 0.6 is 0 Å². The first-order valence-corrected chi connectivity index (χ1v) is 5.69. The second-order valence-electron chi connectivity index (χ2n) is 5.11. The normalized spacial score (nSPS) is 26.2. The lowest BCUT2D eigenvalue weighted by molar-refractivity contribution is 0.0201. The molecule has 0 aromatic heterocycles. The largest absolute Gasteiger partial charge is 0.444 e. The lowest BCUT2D eigenvalue weighted by atomic mass is 9.96. The average Bonchev–Trinajstić information content (AvgIpc) is 2.15. The van der Waals surface area contributed by atoms with Crippen LogP contribution in [-0.4, -0.2) is 37.5 Å². The molecule has 3 N–H and O–H groups in total. The minimum atomic E-state index is -0.465. The summed E-state index contributed by atoms with van der Waals surface area (Å²) < 4.78 is 10.5. The van der Waals surface area contributed by atoms with Crippen molar-refractivity contribution in [3.63, 3.8) is 0 Å². The number of hydrogen-bond acceptors (Lipinski definition) is 4. The maximum atomic E-state index is 11.6. The molecule has 1 aliphatic rings. The van der Waals surface area contributed by atoms with Crippen LogP contribution in [0.3, 0.4) is 0 Å². The predicted octanol–water partition coefficient (Wildman–Crippen LogP) is 0.875. The Kier molecular flexibility index (Phi) is 4.56. The Balaban J connectivity index is 2.42. The second kappa shape index (κ2) is 5.50. The van der Waals surface area contributed by atoms with E-state index >= 15 is 0 Å². The molecule has 0 aromatic rings. The van der Waals surface area contributed by atoms with Gasteiger partial charge in [0, 0.05) is 18.6 Å². The van der Waals surface area contributed by atoms with Gasteiger partial charge in [-0.1, -0.05) is 0 Å². The summed E-state index contributed by atoms with van der Waals surface area (Å²) in [7, 11) is 0. The molecule has 2 unspecified atom stereocenters. The van der Waals surface area contributed by atoms with Gasteiger partial charge in [-0.15, -0.1) is 0 Å². The molecule has 2 atom stereocenters. The number of nitrogens with two attached hydrogens (primary N) is 1. The Morgan fingerprint density at radius 1 is 1.56 bits per heavy atom. The summed E-state index contributed by atoms with van der Waals surface area (Å²) in [5.41, 5.74) is 5.16. The zero-order valence-corrected chi connectivity index (χ0v) is 10.3. The molecule has 16 heavy (non-hydrogen) atoms. The van der Waals surface area contributed by atoms with Crippen molar-refractivity contribution >= 4 is 6.09 Å². The number of ether oxygens (including phenoxy) is 2. The maximum absolute atomic E-state index is 11.6. The molecule has 0 aliphatic carbocycles. The minimum Gasteiger partial charge on any atom is -0.444 e. The Labute approximate surface area is 96.7 Å². The highest BCUT2D eigenvalue weighted by molar-refractivity contribution is 5.68. The van der Waals surface area contributed by atoms with Gasteiger partial charge in [0.1, 0.15) is 5.60 Å². The Morgan fingerprint density at radius 3 is 2.81 bits per heavy atom. The van der Waals surface area contributed by atoms with E-state index in [0.29, 0.717) is 19.8 Å². The van der Waals surface area contributed by atoms with Gasteiger partial charge >= 0.3 is 6.09 Å². The van der Waals surface area contributed by atoms with Crippen LogP contribution in [0.5, 0.6) is 0 Å². The van der Waals surface area contributed by atoms with Crippen LogP contribution in [0.25, 0.3) is 0 Å². The average molecular weight is 230 g/mol. The summed E-state index contributed by atoms with van der Waals surface area (Å²) >= 11 is 0. The first-order valence-electron chi connectivity index (χ1n) is 5.69. The molecule has 0 bridgehead atoms. The van der Waals surface area contributed by atoms with Gasteiger partial charge in [-0.05, 0) is 33.7 Å². The fourth-order valence-corrected chi connectivity index (χ4v) is 1.68. The predicted molar refractivity (Wildman–Crippen MR) is 61.1 cm³/mol. The van der Waals surface area contributed by atoms with E-state index in [-0.39, 0.29) is 18.1 Å². The lowest BCUT2D eigenvalue weighted by Crippen LogP contribution is -2.49. The molecular weight excluding hydrogens is 208 g/mol. The molecule has 94 valence electrons. The quantitative estimate of drug-likeness (QED) is 0.738. The smallest absolute Gasteiger partial charge is 0.407 e. The van der Waals surface area contributed by atoms with E-state index < -0.39 is 5.60 Å². The van der Waals surface area contributed by atoms with Crippen molar-refractivity contribution in [3.8, 4) is 0 Å². The first kappa shape index (κ1) is 13.3. The second-order valence-corrected chi connectivity index (χ2v) is 5.11. The molecule has 0 aromatic carbocycles. The van der Waals surface area contributed by atoms with E-state index in [1.165, 1.54) is 0 Å². The number of hydrogen-bond donors (Lipinski definition) is 2. The SMILES string of the molecule is CC(C)(C)OC(=O)NC1CCOCC1CN. The summed E-state index contributed by atoms with van der Waals surface area (Å²) in [5, 5.41) is 2.86. The summed E-state index contributed by atoms with van der Waals surface area (Å²) in [6, 6.07) is 0.0635. The fourth-order valence-electron chi connectivity index (χ4n) is 1.68. The standard InChI is InChI=1S/C11H22N2O3/c1-11(2,3)16-10(14)13-9-4-5-15-7-8(9)6-12/h8-9H,4-7,12H2,1-3H3,(H,13,14). The van der Waals surface area contributed by atoms with Crippen molar-refractivity contribution in [2.45, 2.75) is 38.8 Å². The highest BCUT2D eigenvalue weighted by Crippen LogP contribution is 2.14. The third-order valence-corrected chi connectivity index (χ3v) is 2.48. The van der Waals surface area contributed by atoms with Crippen LogP contribution in [0.2, 0.25) is 0 Å². The van der Waals surface area contributed by atoms with E-state index in [1.54, 1.807) is 0 Å². The van der Waals surface area contributed by atoms with E-state index in [4.69, 9.17) is 15.2 Å². The molecule has 0 radical (unpaired) electrons. The Bertz CT molecular complexity index is 238. The summed E-state index contributed by atoms with van der Waals surface area (Å²) in [6.07, 6.45) is 0.416. The van der Waals surface area contributed by atoms with Gasteiger partial charge in [0.2, 0.25) is 0 Å². The minimum absolute atomic E-state index is 0.0635. The van der Waals surface area contributed by atoms with Gasteiger partial charge in [-0.25, -0.2) is 4.79 Å². The van der Waals surface area contributed by atoms with Crippen LogP contribution in [0, 0.1) is 5.92 Å². The fraction of sp³-hybridized carbons (Fsp3) is 0.909. The first-order chi connectivity index (χ1) is 7.42. The molecule has 0 spiro atoms. The van der Waals surface area contributed by atoms with Crippen LogP contribution in [0.4, 0.5) is 4.79 Å². The molecule has 1 aliphatic heterocycles. The van der Waals surface area contributed by atoms with Crippen LogP contribution in [0.1, 0.15) is 27.2 Å². The summed E-state index contributed by atoms with van der Waals surface area (Å²) in [5.74, 6) is 0.182. The van der Waals surface area contributed by atoms with Gasteiger partial charge in [-0.3, -0.25) is 0 Å². The van der Waals surface area contributed by atoms with E-state index in [0.717, 1.165) is 6.42 Å². The molecule has 1 fully saturated rings. The zero-order chi connectivity index (χ0) is 12.2. The molecule has 1 rings (SSSR count). The van der Waals surface area contributed by atoms with Crippen LogP contribution in [0.15, 0.2) is 0 Å². The van der Waals surface area contributed by atoms with Gasteiger partial charge in [0.25, 0.3) is 0 Å². The molecule has 5 nitrogen and oxygen atoms in total. The van der Waals surface area contributed by atoms with E-state index in [9.17, 15) is 4.79 Å². The van der Waals surface area contributed by atoms with Crippen molar-refractivity contribution in [3.05, 3.63) is 0 Å². The number of amides is 1. The Hall–Kier alpha value is -0.810. The third-order valence-electron chi connectivity index (χ3n) is 2.48. The zero-order valence-electron chi connectivity index (χ0n) is 10.3. The third kappa shape index (κ3) is 4.37. The topological polar surface area (TPSA) is 73.6 Å². The molecular formula is C11H22N2O3. The molecule has 5 heteroatoms. The number of carbonyl (C=O) groups excluding carboxylic acids is 1. The van der Waals surface area contributed by atoms with Crippen molar-refractivity contribution in [1.82, 2.24) is 5.32 Å². The monoisotopic (exact) mass is 230 g/mol. The van der Waals surface area contributed by atoms with Gasteiger partial charge in [0.05, 0.1) is 6.61 Å². The van der Waals surface area contributed by atoms with E-state index in [1.807, 2.05) is 20.8 Å².